The number of rotatable bonds is 5. The van der Waals surface area contributed by atoms with Gasteiger partial charge in [-0.25, -0.2) is 29.9 Å². The summed E-state index contributed by atoms with van der Waals surface area (Å²) >= 11 is 1.75. The van der Waals surface area contributed by atoms with Gasteiger partial charge in [-0.1, -0.05) is 103 Å². The monoisotopic (exact) mass is 620 g/mol. The van der Waals surface area contributed by atoms with Crippen LogP contribution in [0, 0.1) is 0 Å². The summed E-state index contributed by atoms with van der Waals surface area (Å²) in [4.78, 5) is 29.6. The molecule has 0 radical (unpaired) electrons. The first-order valence-corrected chi connectivity index (χ1v) is 16.1. The first-order valence-electron chi connectivity index (χ1n) is 15.3. The average Bonchev–Trinajstić information content (AvgIpc) is 3.53. The molecule has 0 aliphatic rings. The van der Waals surface area contributed by atoms with Gasteiger partial charge in [0.05, 0.1) is 5.69 Å². The van der Waals surface area contributed by atoms with Crippen molar-refractivity contribution in [3.05, 3.63) is 146 Å². The lowest BCUT2D eigenvalue weighted by Crippen LogP contribution is -2.00. The first kappa shape index (κ1) is 27.2. The minimum Gasteiger partial charge on any atom is -0.236 e. The van der Waals surface area contributed by atoms with E-state index in [9.17, 15) is 0 Å². The second kappa shape index (κ2) is 11.3. The van der Waals surface area contributed by atoms with Gasteiger partial charge in [0.25, 0.3) is 0 Å². The maximum absolute atomic E-state index is 5.10. The van der Waals surface area contributed by atoms with E-state index in [-0.39, 0.29) is 0 Å². The maximum atomic E-state index is 5.10. The Balaban J connectivity index is 1.26. The van der Waals surface area contributed by atoms with Crippen LogP contribution in [0.4, 0.5) is 0 Å². The molecule has 0 fully saturated rings. The molecule has 0 bridgehead atoms. The zero-order valence-electron chi connectivity index (χ0n) is 24.9. The quantitative estimate of drug-likeness (QED) is 0.191. The number of hydrogen-bond donors (Lipinski definition) is 0. The summed E-state index contributed by atoms with van der Waals surface area (Å²) < 4.78 is 2.32. The van der Waals surface area contributed by atoms with Gasteiger partial charge < -0.3 is 0 Å². The highest BCUT2D eigenvalue weighted by Gasteiger charge is 2.18. The third-order valence-electron chi connectivity index (χ3n) is 8.21. The van der Waals surface area contributed by atoms with Crippen molar-refractivity contribution in [1.29, 1.82) is 0 Å². The Morgan fingerprint density at radius 2 is 1.04 bits per heavy atom. The second-order valence-corrected chi connectivity index (χ2v) is 12.3. The number of benzene rings is 5. The SMILES string of the molecule is c1ccc(-c2nc(-c3ccccc3)nc(-c3cccc4sc5ccc(-c6nc(-c7ccccc7)c7cccnc7n6)cc5c34)n2)cc1. The van der Waals surface area contributed by atoms with Gasteiger partial charge in [-0.2, -0.15) is 0 Å². The predicted octanol–water partition coefficient (Wildman–Crippen LogP) is 9.91. The third kappa shape index (κ3) is 4.90. The lowest BCUT2D eigenvalue weighted by molar-refractivity contribution is 1.08. The van der Waals surface area contributed by atoms with Crippen LogP contribution in [0.15, 0.2) is 146 Å². The molecule has 0 amide bonds. The molecule has 0 saturated carbocycles. The molecule has 47 heavy (non-hydrogen) atoms. The van der Waals surface area contributed by atoms with Crippen molar-refractivity contribution in [1.82, 2.24) is 29.9 Å². The van der Waals surface area contributed by atoms with Crippen LogP contribution >= 0.6 is 11.3 Å². The lowest BCUT2D eigenvalue weighted by Gasteiger charge is -2.10. The van der Waals surface area contributed by atoms with Crippen molar-refractivity contribution in [3.63, 3.8) is 0 Å². The van der Waals surface area contributed by atoms with Crippen LogP contribution in [0.2, 0.25) is 0 Å². The average molecular weight is 621 g/mol. The number of pyridine rings is 1. The zero-order chi connectivity index (χ0) is 31.2. The highest BCUT2D eigenvalue weighted by molar-refractivity contribution is 7.26. The van der Waals surface area contributed by atoms with E-state index in [0.717, 1.165) is 54.4 Å². The predicted molar refractivity (Wildman–Crippen MR) is 191 cm³/mol. The van der Waals surface area contributed by atoms with E-state index in [1.165, 1.54) is 4.70 Å². The molecule has 7 heteroatoms. The van der Waals surface area contributed by atoms with Crippen molar-refractivity contribution >= 4 is 42.5 Å². The van der Waals surface area contributed by atoms with Crippen LogP contribution in [-0.2, 0) is 0 Å². The van der Waals surface area contributed by atoms with Crippen LogP contribution < -0.4 is 0 Å². The van der Waals surface area contributed by atoms with Crippen molar-refractivity contribution in [2.45, 2.75) is 0 Å². The highest BCUT2D eigenvalue weighted by Crippen LogP contribution is 2.41. The summed E-state index contributed by atoms with van der Waals surface area (Å²) in [6.45, 7) is 0. The van der Waals surface area contributed by atoms with E-state index < -0.39 is 0 Å². The number of thiophene rings is 1. The van der Waals surface area contributed by atoms with Crippen LogP contribution in [-0.4, -0.2) is 29.9 Å². The molecule has 9 aromatic rings. The summed E-state index contributed by atoms with van der Waals surface area (Å²) in [7, 11) is 0. The van der Waals surface area contributed by atoms with Crippen molar-refractivity contribution in [2.24, 2.45) is 0 Å². The van der Waals surface area contributed by atoms with Crippen molar-refractivity contribution < 1.29 is 0 Å². The molecule has 220 valence electrons. The van der Waals surface area contributed by atoms with Crippen molar-refractivity contribution in [3.8, 4) is 56.8 Å². The summed E-state index contributed by atoms with van der Waals surface area (Å²) in [6.07, 6.45) is 1.78. The Morgan fingerprint density at radius 1 is 0.404 bits per heavy atom. The number of aromatic nitrogens is 6. The van der Waals surface area contributed by atoms with Gasteiger partial charge >= 0.3 is 0 Å². The molecule has 0 saturated heterocycles. The van der Waals surface area contributed by atoms with E-state index in [1.54, 1.807) is 17.5 Å². The molecule has 6 nitrogen and oxygen atoms in total. The van der Waals surface area contributed by atoms with Gasteiger partial charge in [0, 0.05) is 59.6 Å². The Labute approximate surface area is 274 Å². The van der Waals surface area contributed by atoms with Crippen LogP contribution in [0.25, 0.3) is 88.0 Å². The highest BCUT2D eigenvalue weighted by atomic mass is 32.1. The van der Waals surface area contributed by atoms with E-state index in [0.29, 0.717) is 28.9 Å². The minimum absolute atomic E-state index is 0.630. The Kier molecular flexibility index (Phi) is 6.54. The fraction of sp³-hybridized carbons (Fsp3) is 0. The maximum Gasteiger partial charge on any atom is 0.164 e. The first-order chi connectivity index (χ1) is 23.3. The fourth-order valence-electron chi connectivity index (χ4n) is 5.99. The Hall–Kier alpha value is -6.18. The topological polar surface area (TPSA) is 77.3 Å². The zero-order valence-corrected chi connectivity index (χ0v) is 25.8. The molecular formula is C40H24N6S. The molecule has 0 atom stereocenters. The van der Waals surface area contributed by atoms with Crippen LogP contribution in [0.5, 0.6) is 0 Å². The summed E-state index contributed by atoms with van der Waals surface area (Å²) in [5, 5.41) is 3.12. The molecule has 0 N–H and O–H groups in total. The van der Waals surface area contributed by atoms with E-state index in [4.69, 9.17) is 24.9 Å². The van der Waals surface area contributed by atoms with Gasteiger partial charge in [-0.15, -0.1) is 11.3 Å². The van der Waals surface area contributed by atoms with E-state index in [1.807, 2.05) is 91.0 Å². The van der Waals surface area contributed by atoms with Gasteiger partial charge in [-0.3, -0.25) is 0 Å². The van der Waals surface area contributed by atoms with Gasteiger partial charge in [0.2, 0.25) is 0 Å². The van der Waals surface area contributed by atoms with E-state index in [2.05, 4.69) is 53.5 Å². The summed E-state index contributed by atoms with van der Waals surface area (Å²) in [6, 6.07) is 47.1. The summed E-state index contributed by atoms with van der Waals surface area (Å²) in [5.41, 5.74) is 6.30. The Bertz CT molecular complexity index is 2510. The lowest BCUT2D eigenvalue weighted by atomic mass is 10.0. The normalized spacial score (nSPS) is 11.4. The minimum atomic E-state index is 0.630. The molecule has 4 aromatic heterocycles. The molecule has 0 aliphatic heterocycles. The number of nitrogens with zero attached hydrogens (tertiary/aromatic N) is 6. The largest absolute Gasteiger partial charge is 0.236 e. The molecule has 0 spiro atoms. The van der Waals surface area contributed by atoms with Crippen LogP contribution in [0.3, 0.4) is 0 Å². The van der Waals surface area contributed by atoms with Gasteiger partial charge in [0.15, 0.2) is 28.9 Å². The van der Waals surface area contributed by atoms with Gasteiger partial charge in [-0.05, 0) is 36.4 Å². The smallest absolute Gasteiger partial charge is 0.164 e. The molecular weight excluding hydrogens is 597 g/mol. The standard InChI is InChI=1S/C40H24N6S/c1-4-12-25(13-5-1)35-30-19-11-23-41-39(30)44-38(42-35)28-21-22-32-31(24-28)34-29(18-10-20-33(34)47-32)40-45-36(26-14-6-2-7-15-26)43-37(46-40)27-16-8-3-9-17-27/h1-24H. The van der Waals surface area contributed by atoms with Crippen molar-refractivity contribution in [2.75, 3.05) is 0 Å². The second-order valence-electron chi connectivity index (χ2n) is 11.2. The number of fused-ring (bicyclic) bond motifs is 4. The molecule has 5 aromatic carbocycles. The third-order valence-corrected chi connectivity index (χ3v) is 9.35. The molecule has 0 unspecified atom stereocenters. The van der Waals surface area contributed by atoms with E-state index >= 15 is 0 Å². The summed E-state index contributed by atoms with van der Waals surface area (Å²) in [5.74, 6) is 2.53. The Morgan fingerprint density at radius 3 is 1.74 bits per heavy atom. The molecule has 9 rings (SSSR count). The van der Waals surface area contributed by atoms with Gasteiger partial charge in [0.1, 0.15) is 0 Å². The molecule has 4 heterocycles. The molecule has 0 aliphatic carbocycles. The van der Waals surface area contributed by atoms with Crippen LogP contribution in [0.1, 0.15) is 0 Å². The fourth-order valence-corrected chi connectivity index (χ4v) is 7.10. The number of hydrogen-bond acceptors (Lipinski definition) is 7.